The molecule has 0 aliphatic carbocycles. The van der Waals surface area contributed by atoms with Crippen LogP contribution < -0.4 is 4.74 Å². The van der Waals surface area contributed by atoms with Crippen LogP contribution in [0.25, 0.3) is 0 Å². The first-order valence-corrected chi connectivity index (χ1v) is 13.2. The second kappa shape index (κ2) is 15.5. The van der Waals surface area contributed by atoms with Crippen LogP contribution in [0.5, 0.6) is 5.75 Å². The van der Waals surface area contributed by atoms with Crippen LogP contribution in [0.4, 0.5) is 0 Å². The van der Waals surface area contributed by atoms with Crippen LogP contribution in [0.3, 0.4) is 0 Å². The molecule has 0 aromatic heterocycles. The number of ether oxygens (including phenoxy) is 2. The van der Waals surface area contributed by atoms with E-state index in [1.165, 1.54) is 49.7 Å². The van der Waals surface area contributed by atoms with Gasteiger partial charge in [0.15, 0.2) is 6.04 Å². The lowest BCUT2D eigenvalue weighted by Gasteiger charge is -2.36. The smallest absolute Gasteiger partial charge is 0.365 e. The third-order valence-corrected chi connectivity index (χ3v) is 6.42. The lowest BCUT2D eigenvalue weighted by Crippen LogP contribution is -2.53. The zero-order valence-electron chi connectivity index (χ0n) is 21.9. The second-order valence-corrected chi connectivity index (χ2v) is 9.91. The van der Waals surface area contributed by atoms with Crippen molar-refractivity contribution < 1.29 is 18.8 Å². The predicted molar refractivity (Wildman–Crippen MR) is 141 cm³/mol. The third kappa shape index (κ3) is 10.3. The van der Waals surface area contributed by atoms with Crippen LogP contribution in [0, 0.1) is 0 Å². The number of hydrogen-bond acceptors (Lipinski definition) is 3. The fraction of sp³-hybridized carbons (Fsp3) is 0.567. The van der Waals surface area contributed by atoms with Gasteiger partial charge >= 0.3 is 5.97 Å². The zero-order valence-corrected chi connectivity index (χ0v) is 21.9. The summed E-state index contributed by atoms with van der Waals surface area (Å²) < 4.78 is 12.1. The highest BCUT2D eigenvalue weighted by atomic mass is 16.6. The summed E-state index contributed by atoms with van der Waals surface area (Å²) in [5.41, 5.74) is 2.54. The topological polar surface area (TPSA) is 35.5 Å². The number of nitrogens with zero attached hydrogens (tertiary/aromatic N) is 1. The molecule has 2 aromatic carbocycles. The number of unbranched alkanes of at least 4 members (excludes halogenated alkanes) is 5. The number of rotatable bonds is 17. The first-order valence-electron chi connectivity index (χ1n) is 13.2. The maximum absolute atomic E-state index is 13.0. The Morgan fingerprint density at radius 1 is 0.824 bits per heavy atom. The highest BCUT2D eigenvalue weighted by molar-refractivity contribution is 5.74. The van der Waals surface area contributed by atoms with E-state index in [1.807, 2.05) is 24.3 Å². The summed E-state index contributed by atoms with van der Waals surface area (Å²) in [4.78, 5) is 13.0. The quantitative estimate of drug-likeness (QED) is 0.143. The standard InChI is InChI=1S/C30H46NO3/c1-5-7-8-9-10-12-17-26-20-15-21-28(24-26)33-22-23-34-30(32)29(16-6-2)31(3,4)25-27-18-13-11-14-19-27/h11,13-15,18-21,24,29H,5-10,12,16-17,22-23,25H2,1-4H3/q+1. The van der Waals surface area contributed by atoms with E-state index in [0.717, 1.165) is 31.6 Å². The fourth-order valence-electron chi connectivity index (χ4n) is 4.49. The summed E-state index contributed by atoms with van der Waals surface area (Å²) in [6, 6.07) is 18.5. The van der Waals surface area contributed by atoms with Gasteiger partial charge in [-0.05, 0) is 37.0 Å². The van der Waals surface area contributed by atoms with E-state index in [4.69, 9.17) is 9.47 Å². The van der Waals surface area contributed by atoms with Crippen LogP contribution in [0.2, 0.25) is 0 Å². The Kier molecular flexibility index (Phi) is 12.8. The molecule has 1 atom stereocenters. The minimum absolute atomic E-state index is 0.136. The van der Waals surface area contributed by atoms with Crippen molar-refractivity contribution in [2.45, 2.75) is 84.2 Å². The molecule has 1 unspecified atom stereocenters. The monoisotopic (exact) mass is 468 g/mol. The summed E-state index contributed by atoms with van der Waals surface area (Å²) in [6.07, 6.45) is 10.7. The minimum Gasteiger partial charge on any atom is -0.490 e. The molecule has 34 heavy (non-hydrogen) atoms. The number of aryl methyl sites for hydroxylation is 1. The molecule has 2 rings (SSSR count). The van der Waals surface area contributed by atoms with E-state index in [0.29, 0.717) is 11.1 Å². The number of likely N-dealkylation sites (N-methyl/N-ethyl adjacent to an activating group) is 1. The molecule has 0 saturated heterocycles. The highest BCUT2D eigenvalue weighted by Gasteiger charge is 2.35. The first kappa shape index (κ1) is 27.9. The van der Waals surface area contributed by atoms with E-state index in [1.54, 1.807) is 0 Å². The second-order valence-electron chi connectivity index (χ2n) is 9.91. The summed E-state index contributed by atoms with van der Waals surface area (Å²) in [7, 11) is 4.22. The molecule has 0 saturated carbocycles. The Morgan fingerprint density at radius 2 is 1.53 bits per heavy atom. The van der Waals surface area contributed by atoms with Crippen LogP contribution in [-0.2, 0) is 22.5 Å². The molecule has 0 aliphatic heterocycles. The first-order chi connectivity index (χ1) is 16.5. The largest absolute Gasteiger partial charge is 0.490 e. The van der Waals surface area contributed by atoms with Crippen molar-refractivity contribution >= 4 is 5.97 Å². The van der Waals surface area contributed by atoms with Crippen LogP contribution in [-0.4, -0.2) is 43.8 Å². The molecule has 0 heterocycles. The van der Waals surface area contributed by atoms with Crippen molar-refractivity contribution in [2.75, 3.05) is 27.3 Å². The summed E-state index contributed by atoms with van der Waals surface area (Å²) in [5, 5.41) is 0. The predicted octanol–water partition coefficient (Wildman–Crippen LogP) is 6.96. The van der Waals surface area contributed by atoms with Gasteiger partial charge < -0.3 is 14.0 Å². The molecule has 188 valence electrons. The van der Waals surface area contributed by atoms with Crippen LogP contribution >= 0.6 is 0 Å². The lowest BCUT2D eigenvalue weighted by atomic mass is 10.0. The molecule has 0 fully saturated rings. The van der Waals surface area contributed by atoms with Crippen molar-refractivity contribution in [1.29, 1.82) is 0 Å². The van der Waals surface area contributed by atoms with Crippen LogP contribution in [0.15, 0.2) is 54.6 Å². The fourth-order valence-corrected chi connectivity index (χ4v) is 4.49. The van der Waals surface area contributed by atoms with Gasteiger partial charge in [-0.2, -0.15) is 0 Å². The summed E-state index contributed by atoms with van der Waals surface area (Å²) >= 11 is 0. The number of quaternary nitrogens is 1. The molecule has 0 radical (unpaired) electrons. The SMILES string of the molecule is CCCCCCCCc1cccc(OCCOC(=O)C(CCC)[N+](C)(C)Cc2ccccc2)c1. The Labute approximate surface area is 207 Å². The van der Waals surface area contributed by atoms with E-state index in [-0.39, 0.29) is 18.6 Å². The molecule has 2 aromatic rings. The van der Waals surface area contributed by atoms with Gasteiger partial charge in [0.1, 0.15) is 25.5 Å². The van der Waals surface area contributed by atoms with E-state index in [2.05, 4.69) is 58.3 Å². The van der Waals surface area contributed by atoms with Gasteiger partial charge in [0.05, 0.1) is 14.1 Å². The molecule has 0 N–H and O–H groups in total. The van der Waals surface area contributed by atoms with Gasteiger partial charge in [-0.25, -0.2) is 4.79 Å². The average Bonchev–Trinajstić information content (AvgIpc) is 2.83. The normalized spacial score (nSPS) is 12.4. The van der Waals surface area contributed by atoms with Crippen LogP contribution in [0.1, 0.15) is 76.3 Å². The van der Waals surface area contributed by atoms with Crippen molar-refractivity contribution in [3.63, 3.8) is 0 Å². The third-order valence-electron chi connectivity index (χ3n) is 6.42. The minimum atomic E-state index is -0.189. The molecule has 0 spiro atoms. The Hall–Kier alpha value is -2.33. The van der Waals surface area contributed by atoms with E-state index in [9.17, 15) is 4.79 Å². The van der Waals surface area contributed by atoms with E-state index < -0.39 is 0 Å². The zero-order chi connectivity index (χ0) is 24.7. The number of benzene rings is 2. The van der Waals surface area contributed by atoms with Crippen molar-refractivity contribution in [3.8, 4) is 5.75 Å². The summed E-state index contributed by atoms with van der Waals surface area (Å²) in [6.45, 7) is 5.80. The molecular formula is C30H46NO3+. The molecule has 0 aliphatic rings. The number of carbonyl (C=O) groups excluding carboxylic acids is 1. The van der Waals surface area contributed by atoms with Crippen molar-refractivity contribution in [3.05, 3.63) is 65.7 Å². The maximum Gasteiger partial charge on any atom is 0.365 e. The van der Waals surface area contributed by atoms with Gasteiger partial charge in [-0.15, -0.1) is 0 Å². The average molecular weight is 469 g/mol. The number of carbonyl (C=O) groups is 1. The molecule has 0 bridgehead atoms. The van der Waals surface area contributed by atoms with Gasteiger partial charge in [-0.3, -0.25) is 0 Å². The van der Waals surface area contributed by atoms with Gasteiger partial charge in [0, 0.05) is 12.0 Å². The van der Waals surface area contributed by atoms with Crippen molar-refractivity contribution in [1.82, 2.24) is 0 Å². The molecule has 4 heteroatoms. The summed E-state index contributed by atoms with van der Waals surface area (Å²) in [5.74, 6) is 0.716. The Morgan fingerprint density at radius 3 is 2.26 bits per heavy atom. The van der Waals surface area contributed by atoms with Gasteiger partial charge in [0.2, 0.25) is 0 Å². The highest BCUT2D eigenvalue weighted by Crippen LogP contribution is 2.20. The maximum atomic E-state index is 13.0. The van der Waals surface area contributed by atoms with Gasteiger partial charge in [-0.1, -0.05) is 88.4 Å². The molecular weight excluding hydrogens is 422 g/mol. The van der Waals surface area contributed by atoms with Gasteiger partial charge in [0.25, 0.3) is 0 Å². The molecule has 0 amide bonds. The lowest BCUT2D eigenvalue weighted by molar-refractivity contribution is -0.920. The van der Waals surface area contributed by atoms with Crippen molar-refractivity contribution in [2.24, 2.45) is 0 Å². The number of hydrogen-bond donors (Lipinski definition) is 0. The Bertz CT molecular complexity index is 819. The Balaban J connectivity index is 1.77. The van der Waals surface area contributed by atoms with E-state index >= 15 is 0 Å². The molecule has 4 nitrogen and oxygen atoms in total. The number of esters is 1.